The van der Waals surface area contributed by atoms with Crippen LogP contribution in [-0.2, 0) is 10.9 Å². The maximum Gasteiger partial charge on any atom is 0.416 e. The lowest BCUT2D eigenvalue weighted by Gasteiger charge is -2.22. The average molecular weight is 468 g/mol. The second-order valence-electron chi connectivity index (χ2n) is 8.04. The standard InChI is InChI=1S/C22H23F3N2O6/c1-21(2,3)33-20(29)27-14-6-5-13(22(23,24)25)11-15(14)26-19(28)12-9-16(30-4)18-17(10-12)31-7-8-32-18/h5-6,9-11H,7-8H2,1-4H3,(H,26,28)(H,27,29). The van der Waals surface area contributed by atoms with E-state index in [0.717, 1.165) is 18.2 Å². The fourth-order valence-corrected chi connectivity index (χ4v) is 2.95. The molecule has 0 fully saturated rings. The molecule has 1 aliphatic heterocycles. The van der Waals surface area contributed by atoms with Gasteiger partial charge in [0, 0.05) is 5.56 Å². The molecule has 1 aliphatic rings. The first-order valence-electron chi connectivity index (χ1n) is 9.87. The minimum absolute atomic E-state index is 0.0525. The summed E-state index contributed by atoms with van der Waals surface area (Å²) < 4.78 is 61.1. The third-order valence-electron chi connectivity index (χ3n) is 4.32. The fourth-order valence-electron chi connectivity index (χ4n) is 2.95. The third-order valence-corrected chi connectivity index (χ3v) is 4.32. The molecule has 33 heavy (non-hydrogen) atoms. The molecule has 0 spiro atoms. The number of carbonyl (C=O) groups excluding carboxylic acids is 2. The molecule has 0 atom stereocenters. The number of carbonyl (C=O) groups is 2. The van der Waals surface area contributed by atoms with Gasteiger partial charge in [-0.15, -0.1) is 0 Å². The Bertz CT molecular complexity index is 1050. The summed E-state index contributed by atoms with van der Waals surface area (Å²) in [7, 11) is 1.38. The number of methoxy groups -OCH3 is 1. The van der Waals surface area contributed by atoms with Crippen molar-refractivity contribution >= 4 is 23.4 Å². The van der Waals surface area contributed by atoms with Gasteiger partial charge in [0.25, 0.3) is 5.91 Å². The Balaban J connectivity index is 1.93. The zero-order valence-corrected chi connectivity index (χ0v) is 18.4. The number of ether oxygens (including phenoxy) is 4. The highest BCUT2D eigenvalue weighted by Gasteiger charge is 2.32. The largest absolute Gasteiger partial charge is 0.493 e. The van der Waals surface area contributed by atoms with Crippen LogP contribution < -0.4 is 24.8 Å². The van der Waals surface area contributed by atoms with Crippen LogP contribution in [0.25, 0.3) is 0 Å². The van der Waals surface area contributed by atoms with E-state index in [1.807, 2.05) is 0 Å². The Kier molecular flexibility index (Phi) is 6.61. The fraction of sp³-hybridized carbons (Fsp3) is 0.364. The highest BCUT2D eigenvalue weighted by Crippen LogP contribution is 2.41. The number of halogens is 3. The predicted molar refractivity (Wildman–Crippen MR) is 113 cm³/mol. The topological polar surface area (TPSA) is 95.1 Å². The van der Waals surface area contributed by atoms with Crippen LogP contribution in [0.2, 0.25) is 0 Å². The lowest BCUT2D eigenvalue weighted by atomic mass is 10.1. The van der Waals surface area contributed by atoms with Crippen molar-refractivity contribution in [3.8, 4) is 17.2 Å². The number of hydrogen-bond acceptors (Lipinski definition) is 6. The summed E-state index contributed by atoms with van der Waals surface area (Å²) in [5, 5.41) is 4.77. The molecule has 0 saturated heterocycles. The van der Waals surface area contributed by atoms with Gasteiger partial charge in [-0.2, -0.15) is 13.2 Å². The van der Waals surface area contributed by atoms with Crippen molar-refractivity contribution < 1.29 is 41.7 Å². The molecule has 0 unspecified atom stereocenters. The van der Waals surface area contributed by atoms with E-state index < -0.39 is 29.3 Å². The minimum Gasteiger partial charge on any atom is -0.493 e. The number of amides is 2. The number of rotatable bonds is 4. The zero-order chi connectivity index (χ0) is 24.4. The summed E-state index contributed by atoms with van der Waals surface area (Å²) in [5.74, 6) is 0.0684. The molecule has 11 heteroatoms. The normalized spacial score (nSPS) is 13.2. The predicted octanol–water partition coefficient (Wildman–Crippen LogP) is 5.08. The smallest absolute Gasteiger partial charge is 0.416 e. The molecule has 1 heterocycles. The average Bonchev–Trinajstić information content (AvgIpc) is 2.71. The number of anilines is 2. The molecule has 2 aromatic carbocycles. The Morgan fingerprint density at radius 1 is 0.970 bits per heavy atom. The molecule has 0 radical (unpaired) electrons. The number of nitrogens with one attached hydrogen (secondary N) is 2. The molecule has 8 nitrogen and oxygen atoms in total. The third kappa shape index (κ3) is 5.99. The maximum atomic E-state index is 13.3. The van der Waals surface area contributed by atoms with E-state index >= 15 is 0 Å². The first-order valence-corrected chi connectivity index (χ1v) is 9.87. The molecule has 2 N–H and O–H groups in total. The summed E-state index contributed by atoms with van der Waals surface area (Å²) in [6.45, 7) is 5.48. The molecule has 2 aromatic rings. The Hall–Kier alpha value is -3.63. The lowest BCUT2D eigenvalue weighted by molar-refractivity contribution is -0.137. The van der Waals surface area contributed by atoms with E-state index in [0.29, 0.717) is 12.4 Å². The van der Waals surface area contributed by atoms with Crippen LogP contribution in [0.1, 0.15) is 36.7 Å². The van der Waals surface area contributed by atoms with E-state index in [2.05, 4.69) is 10.6 Å². The van der Waals surface area contributed by atoms with Gasteiger partial charge < -0.3 is 24.3 Å². The van der Waals surface area contributed by atoms with Gasteiger partial charge in [0.05, 0.1) is 24.0 Å². The minimum atomic E-state index is -4.66. The Labute approximate surface area is 188 Å². The van der Waals surface area contributed by atoms with Crippen molar-refractivity contribution in [1.82, 2.24) is 0 Å². The molecule has 2 amide bonds. The summed E-state index contributed by atoms with van der Waals surface area (Å²) in [5.41, 5.74) is -2.13. The zero-order valence-electron chi connectivity index (χ0n) is 18.4. The van der Waals surface area contributed by atoms with E-state index in [9.17, 15) is 22.8 Å². The molecule has 0 saturated carbocycles. The van der Waals surface area contributed by atoms with Crippen LogP contribution in [0.15, 0.2) is 30.3 Å². The first-order chi connectivity index (χ1) is 15.4. The SMILES string of the molecule is COc1cc(C(=O)Nc2cc(C(F)(F)F)ccc2NC(=O)OC(C)(C)C)cc2c1OCCO2. The highest BCUT2D eigenvalue weighted by atomic mass is 19.4. The Morgan fingerprint density at radius 3 is 2.30 bits per heavy atom. The molecule has 0 aromatic heterocycles. The second kappa shape index (κ2) is 9.08. The molecule has 178 valence electrons. The lowest BCUT2D eigenvalue weighted by Crippen LogP contribution is -2.27. The molecule has 3 rings (SSSR count). The first kappa shape index (κ1) is 24.0. The van der Waals surface area contributed by atoms with Crippen LogP contribution in [0.5, 0.6) is 17.2 Å². The van der Waals surface area contributed by atoms with E-state index in [1.54, 1.807) is 20.8 Å². The number of alkyl halides is 3. The monoisotopic (exact) mass is 468 g/mol. The van der Waals surface area contributed by atoms with Crippen LogP contribution in [0, 0.1) is 0 Å². The van der Waals surface area contributed by atoms with Crippen molar-refractivity contribution in [2.45, 2.75) is 32.5 Å². The van der Waals surface area contributed by atoms with Crippen LogP contribution in [0.3, 0.4) is 0 Å². The van der Waals surface area contributed by atoms with E-state index in [4.69, 9.17) is 18.9 Å². The van der Waals surface area contributed by atoms with Crippen molar-refractivity contribution in [1.29, 1.82) is 0 Å². The summed E-state index contributed by atoms with van der Waals surface area (Å²) in [6, 6.07) is 5.31. The van der Waals surface area contributed by atoms with Gasteiger partial charge in [0.1, 0.15) is 18.8 Å². The maximum absolute atomic E-state index is 13.3. The van der Waals surface area contributed by atoms with Crippen LogP contribution in [-0.4, -0.2) is 37.9 Å². The van der Waals surface area contributed by atoms with E-state index in [-0.39, 0.29) is 35.0 Å². The Morgan fingerprint density at radius 2 is 1.67 bits per heavy atom. The number of hydrogen-bond donors (Lipinski definition) is 2. The molecule has 0 aliphatic carbocycles. The van der Waals surface area contributed by atoms with Gasteiger partial charge in [0.15, 0.2) is 11.5 Å². The van der Waals surface area contributed by atoms with Crippen molar-refractivity contribution in [3.63, 3.8) is 0 Å². The van der Waals surface area contributed by atoms with Crippen molar-refractivity contribution in [2.75, 3.05) is 31.0 Å². The summed E-state index contributed by atoms with van der Waals surface area (Å²) in [4.78, 5) is 25.1. The number of benzene rings is 2. The quantitative estimate of drug-likeness (QED) is 0.650. The van der Waals surface area contributed by atoms with Gasteiger partial charge in [0.2, 0.25) is 5.75 Å². The van der Waals surface area contributed by atoms with Gasteiger partial charge in [-0.05, 0) is 51.1 Å². The van der Waals surface area contributed by atoms with Crippen molar-refractivity contribution in [2.24, 2.45) is 0 Å². The van der Waals surface area contributed by atoms with Gasteiger partial charge in [-0.25, -0.2) is 4.79 Å². The second-order valence-corrected chi connectivity index (χ2v) is 8.04. The van der Waals surface area contributed by atoms with Gasteiger partial charge >= 0.3 is 12.3 Å². The van der Waals surface area contributed by atoms with Gasteiger partial charge in [-0.1, -0.05) is 0 Å². The molecule has 0 bridgehead atoms. The highest BCUT2D eigenvalue weighted by molar-refractivity contribution is 6.07. The molecular formula is C22H23F3N2O6. The van der Waals surface area contributed by atoms with Gasteiger partial charge in [-0.3, -0.25) is 10.1 Å². The van der Waals surface area contributed by atoms with Crippen molar-refractivity contribution in [3.05, 3.63) is 41.5 Å². The summed E-state index contributed by atoms with van der Waals surface area (Å²) in [6.07, 6.45) is -5.55. The molecular weight excluding hydrogens is 445 g/mol. The van der Waals surface area contributed by atoms with Crippen LogP contribution >= 0.6 is 0 Å². The summed E-state index contributed by atoms with van der Waals surface area (Å²) >= 11 is 0. The van der Waals surface area contributed by atoms with E-state index in [1.165, 1.54) is 19.2 Å². The number of fused-ring (bicyclic) bond motifs is 1. The van der Waals surface area contributed by atoms with Crippen LogP contribution in [0.4, 0.5) is 29.3 Å².